The molecule has 5 nitrogen and oxygen atoms in total. The van der Waals surface area contributed by atoms with E-state index in [-0.39, 0.29) is 24.0 Å². The number of aromatic nitrogens is 1. The second-order valence-electron chi connectivity index (χ2n) is 3.98. The van der Waals surface area contributed by atoms with E-state index in [4.69, 9.17) is 0 Å². The Bertz CT molecular complexity index is 417. The quantitative estimate of drug-likeness (QED) is 0.356. The summed E-state index contributed by atoms with van der Waals surface area (Å²) in [7, 11) is 5.69. The first kappa shape index (κ1) is 17.7. The van der Waals surface area contributed by atoms with Crippen LogP contribution in [0.1, 0.15) is 5.69 Å². The predicted octanol–water partition coefficient (Wildman–Crippen LogP) is 1.62. The largest absolute Gasteiger partial charge is 0.363 e. The van der Waals surface area contributed by atoms with Gasteiger partial charge in [0.15, 0.2) is 5.96 Å². The van der Waals surface area contributed by atoms with Gasteiger partial charge < -0.3 is 15.5 Å². The SMILES string of the molecule is C=CCNC(=NC)NCc1cccc(N(C)C)n1.I. The molecular formula is C13H22IN5. The Morgan fingerprint density at radius 1 is 1.42 bits per heavy atom. The third kappa shape index (κ3) is 6.42. The summed E-state index contributed by atoms with van der Waals surface area (Å²) in [6, 6.07) is 5.97. The molecule has 0 aliphatic heterocycles. The van der Waals surface area contributed by atoms with Crippen molar-refractivity contribution < 1.29 is 0 Å². The Kier molecular flexibility index (Phi) is 8.94. The molecule has 0 amide bonds. The lowest BCUT2D eigenvalue weighted by molar-refractivity contribution is 0.821. The summed E-state index contributed by atoms with van der Waals surface area (Å²) in [6.45, 7) is 4.98. The van der Waals surface area contributed by atoms with Gasteiger partial charge in [-0.05, 0) is 12.1 Å². The minimum atomic E-state index is 0. The van der Waals surface area contributed by atoms with Crippen LogP contribution in [0.2, 0.25) is 0 Å². The van der Waals surface area contributed by atoms with Gasteiger partial charge in [0, 0.05) is 27.7 Å². The van der Waals surface area contributed by atoms with Crippen molar-refractivity contribution in [2.75, 3.05) is 32.6 Å². The van der Waals surface area contributed by atoms with Crippen LogP contribution in [0.15, 0.2) is 35.8 Å². The van der Waals surface area contributed by atoms with Gasteiger partial charge in [0.25, 0.3) is 0 Å². The van der Waals surface area contributed by atoms with Gasteiger partial charge in [0.1, 0.15) is 5.82 Å². The Morgan fingerprint density at radius 3 is 2.74 bits per heavy atom. The molecule has 1 heterocycles. The van der Waals surface area contributed by atoms with Crippen molar-refractivity contribution in [3.05, 3.63) is 36.5 Å². The Hall–Kier alpha value is -1.31. The fraction of sp³-hybridized carbons (Fsp3) is 0.385. The molecule has 0 spiro atoms. The molecule has 1 aromatic rings. The number of pyridine rings is 1. The van der Waals surface area contributed by atoms with Crippen LogP contribution in [-0.2, 0) is 6.54 Å². The number of nitrogens with one attached hydrogen (secondary N) is 2. The molecule has 0 bridgehead atoms. The maximum Gasteiger partial charge on any atom is 0.191 e. The van der Waals surface area contributed by atoms with Crippen LogP contribution in [0.25, 0.3) is 0 Å². The van der Waals surface area contributed by atoms with Crippen LogP contribution in [-0.4, -0.2) is 38.6 Å². The van der Waals surface area contributed by atoms with Crippen LogP contribution in [0.5, 0.6) is 0 Å². The second-order valence-corrected chi connectivity index (χ2v) is 3.98. The van der Waals surface area contributed by atoms with Crippen LogP contribution in [0.3, 0.4) is 0 Å². The molecule has 1 rings (SSSR count). The molecular weight excluding hydrogens is 353 g/mol. The summed E-state index contributed by atoms with van der Waals surface area (Å²) in [6.07, 6.45) is 1.79. The van der Waals surface area contributed by atoms with Crippen molar-refractivity contribution in [3.63, 3.8) is 0 Å². The number of hydrogen-bond donors (Lipinski definition) is 2. The van der Waals surface area contributed by atoms with E-state index in [0.717, 1.165) is 17.5 Å². The molecule has 0 aliphatic carbocycles. The van der Waals surface area contributed by atoms with E-state index >= 15 is 0 Å². The van der Waals surface area contributed by atoms with E-state index in [2.05, 4.69) is 27.2 Å². The van der Waals surface area contributed by atoms with Gasteiger partial charge in [-0.2, -0.15) is 0 Å². The summed E-state index contributed by atoms with van der Waals surface area (Å²) >= 11 is 0. The molecule has 0 saturated heterocycles. The van der Waals surface area contributed by atoms with E-state index in [1.54, 1.807) is 13.1 Å². The van der Waals surface area contributed by atoms with Crippen molar-refractivity contribution in [1.29, 1.82) is 0 Å². The first-order chi connectivity index (χ1) is 8.67. The first-order valence-electron chi connectivity index (χ1n) is 5.86. The van der Waals surface area contributed by atoms with Crippen molar-refractivity contribution in [3.8, 4) is 0 Å². The molecule has 6 heteroatoms. The van der Waals surface area contributed by atoms with Gasteiger partial charge in [-0.25, -0.2) is 4.98 Å². The number of halogens is 1. The van der Waals surface area contributed by atoms with Gasteiger partial charge in [0.2, 0.25) is 0 Å². The summed E-state index contributed by atoms with van der Waals surface area (Å²) in [5.41, 5.74) is 0.975. The molecule has 0 aliphatic rings. The lowest BCUT2D eigenvalue weighted by Gasteiger charge is -2.13. The summed E-state index contributed by atoms with van der Waals surface area (Å²) in [4.78, 5) is 10.6. The van der Waals surface area contributed by atoms with Crippen LogP contribution < -0.4 is 15.5 Å². The molecule has 0 radical (unpaired) electrons. The minimum Gasteiger partial charge on any atom is -0.363 e. The molecule has 19 heavy (non-hydrogen) atoms. The lowest BCUT2D eigenvalue weighted by atomic mass is 10.3. The highest BCUT2D eigenvalue weighted by Gasteiger charge is 2.01. The van der Waals surface area contributed by atoms with Crippen LogP contribution >= 0.6 is 24.0 Å². The minimum absolute atomic E-state index is 0. The molecule has 0 saturated carbocycles. The fourth-order valence-corrected chi connectivity index (χ4v) is 1.38. The summed E-state index contributed by atoms with van der Waals surface area (Å²) in [5.74, 6) is 1.69. The molecule has 0 atom stereocenters. The van der Waals surface area contributed by atoms with Crippen LogP contribution in [0.4, 0.5) is 5.82 Å². The van der Waals surface area contributed by atoms with E-state index in [9.17, 15) is 0 Å². The van der Waals surface area contributed by atoms with Gasteiger partial charge in [-0.3, -0.25) is 4.99 Å². The Morgan fingerprint density at radius 2 is 2.16 bits per heavy atom. The number of guanidine groups is 1. The lowest BCUT2D eigenvalue weighted by Crippen LogP contribution is -2.37. The zero-order valence-corrected chi connectivity index (χ0v) is 14.0. The molecule has 1 aromatic heterocycles. The zero-order valence-electron chi connectivity index (χ0n) is 11.7. The molecule has 0 unspecified atom stereocenters. The smallest absolute Gasteiger partial charge is 0.191 e. The zero-order chi connectivity index (χ0) is 13.4. The van der Waals surface area contributed by atoms with Gasteiger partial charge in [-0.1, -0.05) is 12.1 Å². The average molecular weight is 375 g/mol. The van der Waals surface area contributed by atoms with Gasteiger partial charge in [-0.15, -0.1) is 30.6 Å². The maximum absolute atomic E-state index is 4.52. The van der Waals surface area contributed by atoms with Crippen molar-refractivity contribution in [2.45, 2.75) is 6.54 Å². The fourth-order valence-electron chi connectivity index (χ4n) is 1.38. The number of aliphatic imine (C=N–C) groups is 1. The first-order valence-corrected chi connectivity index (χ1v) is 5.86. The van der Waals surface area contributed by atoms with E-state index < -0.39 is 0 Å². The highest BCUT2D eigenvalue weighted by Crippen LogP contribution is 2.07. The molecule has 0 aromatic carbocycles. The molecule has 2 N–H and O–H groups in total. The van der Waals surface area contributed by atoms with Crippen LogP contribution in [0, 0.1) is 0 Å². The molecule has 106 valence electrons. The van der Waals surface area contributed by atoms with E-state index in [1.165, 1.54) is 0 Å². The van der Waals surface area contributed by atoms with Gasteiger partial charge in [0.05, 0.1) is 12.2 Å². The van der Waals surface area contributed by atoms with E-state index in [1.807, 2.05) is 37.2 Å². The van der Waals surface area contributed by atoms with E-state index in [0.29, 0.717) is 13.1 Å². The summed E-state index contributed by atoms with van der Waals surface area (Å²) < 4.78 is 0. The standard InChI is InChI=1S/C13H21N5.HI/c1-5-9-15-13(14-2)16-10-11-7-6-8-12(17-11)18(3)4;/h5-8H,1,9-10H2,2-4H3,(H2,14,15,16);1H. The highest BCUT2D eigenvalue weighted by atomic mass is 127. The number of anilines is 1. The molecule has 0 fully saturated rings. The Balaban J connectivity index is 0.00000324. The normalized spacial score (nSPS) is 10.4. The topological polar surface area (TPSA) is 52.6 Å². The van der Waals surface area contributed by atoms with Gasteiger partial charge >= 0.3 is 0 Å². The number of nitrogens with zero attached hydrogens (tertiary/aromatic N) is 3. The van der Waals surface area contributed by atoms with Crippen molar-refractivity contribution >= 4 is 35.8 Å². The number of rotatable bonds is 5. The predicted molar refractivity (Wildman–Crippen MR) is 92.4 cm³/mol. The second kappa shape index (κ2) is 9.60. The van der Waals surface area contributed by atoms with Crippen molar-refractivity contribution in [2.24, 2.45) is 4.99 Å². The monoisotopic (exact) mass is 375 g/mol. The summed E-state index contributed by atoms with van der Waals surface area (Å²) in [5, 5.41) is 6.31. The van der Waals surface area contributed by atoms with Crippen molar-refractivity contribution in [1.82, 2.24) is 15.6 Å². The maximum atomic E-state index is 4.52. The number of hydrogen-bond acceptors (Lipinski definition) is 3. The average Bonchev–Trinajstić information content (AvgIpc) is 2.39. The third-order valence-electron chi connectivity index (χ3n) is 2.32. The Labute approximate surface area is 132 Å². The third-order valence-corrected chi connectivity index (χ3v) is 2.32. The highest BCUT2D eigenvalue weighted by molar-refractivity contribution is 14.0.